The predicted molar refractivity (Wildman–Crippen MR) is 34.5 cm³/mol. The van der Waals surface area contributed by atoms with Crippen molar-refractivity contribution in [1.29, 1.82) is 0 Å². The maximum absolute atomic E-state index is 12.9. The molecule has 0 spiro atoms. The van der Waals surface area contributed by atoms with E-state index >= 15 is 0 Å². The first-order valence-corrected chi connectivity index (χ1v) is 3.51. The molecule has 4 heteroatoms. The molecule has 0 amide bonds. The van der Waals surface area contributed by atoms with Crippen molar-refractivity contribution in [3.05, 3.63) is 0 Å². The second-order valence-electron chi connectivity index (χ2n) is 3.20. The van der Waals surface area contributed by atoms with Crippen LogP contribution in [0.3, 0.4) is 0 Å². The van der Waals surface area contributed by atoms with Crippen molar-refractivity contribution in [3.63, 3.8) is 0 Å². The predicted octanol–water partition coefficient (Wildman–Crippen LogP) is 1.90. The van der Waals surface area contributed by atoms with Gasteiger partial charge in [0, 0.05) is 6.42 Å². The van der Waals surface area contributed by atoms with Crippen molar-refractivity contribution in [2.75, 3.05) is 0 Å². The summed E-state index contributed by atoms with van der Waals surface area (Å²) in [6.07, 6.45) is 0.0843. The Bertz CT molecular complexity index is 191. The van der Waals surface area contributed by atoms with Crippen LogP contribution in [0.15, 0.2) is 0 Å². The maximum Gasteiger partial charge on any atom is 0.315 e. The van der Waals surface area contributed by atoms with E-state index in [9.17, 15) is 13.6 Å². The zero-order valence-corrected chi connectivity index (χ0v) is 6.23. The molecule has 0 aromatic carbocycles. The zero-order valence-electron chi connectivity index (χ0n) is 6.23. The van der Waals surface area contributed by atoms with Gasteiger partial charge in [0.05, 0.1) is 0 Å². The number of rotatable bonds is 1. The van der Waals surface area contributed by atoms with Crippen LogP contribution in [-0.2, 0) is 4.79 Å². The number of hydrogen-bond donors (Lipinski definition) is 1. The Morgan fingerprint density at radius 2 is 2.00 bits per heavy atom. The Kier molecular flexibility index (Phi) is 1.65. The molecular formula is C7H10F2O2. The highest BCUT2D eigenvalue weighted by atomic mass is 19.3. The van der Waals surface area contributed by atoms with Gasteiger partial charge in [0.25, 0.3) is 5.92 Å². The van der Waals surface area contributed by atoms with Crippen LogP contribution in [-0.4, -0.2) is 17.0 Å². The summed E-state index contributed by atoms with van der Waals surface area (Å²) in [5.74, 6) is -4.42. The van der Waals surface area contributed by atoms with E-state index in [-0.39, 0.29) is 12.8 Å². The van der Waals surface area contributed by atoms with Crippen LogP contribution in [0.4, 0.5) is 8.78 Å². The monoisotopic (exact) mass is 164 g/mol. The minimum absolute atomic E-state index is 0.0787. The normalized spacial score (nSPS) is 35.5. The molecule has 1 atom stereocenters. The Morgan fingerprint density at radius 1 is 1.45 bits per heavy atom. The fraction of sp³-hybridized carbons (Fsp3) is 0.857. The third-order valence-corrected chi connectivity index (χ3v) is 2.45. The summed E-state index contributed by atoms with van der Waals surface area (Å²) in [6, 6.07) is 0. The minimum atomic E-state index is -3.03. The number of carboxylic acid groups (broad SMARTS) is 1. The van der Waals surface area contributed by atoms with E-state index < -0.39 is 17.3 Å². The number of carboxylic acids is 1. The van der Waals surface area contributed by atoms with Gasteiger partial charge in [-0.2, -0.15) is 0 Å². The number of aliphatic carboxylic acids is 1. The fourth-order valence-electron chi connectivity index (χ4n) is 1.39. The first-order chi connectivity index (χ1) is 4.90. The molecule has 1 aliphatic rings. The van der Waals surface area contributed by atoms with Crippen molar-refractivity contribution in [1.82, 2.24) is 0 Å². The molecule has 1 fully saturated rings. The number of hydrogen-bond acceptors (Lipinski definition) is 1. The summed E-state index contributed by atoms with van der Waals surface area (Å²) < 4.78 is 25.7. The number of carbonyl (C=O) groups is 1. The van der Waals surface area contributed by atoms with Gasteiger partial charge in [0.15, 0.2) is 0 Å². The SMILES string of the molecule is CC1(C(=O)O)CCCC1(F)F. The molecule has 64 valence electrons. The van der Waals surface area contributed by atoms with Gasteiger partial charge in [-0.3, -0.25) is 4.79 Å². The van der Waals surface area contributed by atoms with E-state index in [0.717, 1.165) is 6.92 Å². The van der Waals surface area contributed by atoms with Crippen LogP contribution in [0, 0.1) is 5.41 Å². The molecule has 0 aromatic heterocycles. The van der Waals surface area contributed by atoms with E-state index in [1.165, 1.54) is 0 Å². The lowest BCUT2D eigenvalue weighted by molar-refractivity contribution is -0.169. The topological polar surface area (TPSA) is 37.3 Å². The Balaban J connectivity index is 2.93. The molecule has 0 saturated heterocycles. The van der Waals surface area contributed by atoms with Gasteiger partial charge in [0.2, 0.25) is 0 Å². The van der Waals surface area contributed by atoms with E-state index in [1.54, 1.807) is 0 Å². The molecule has 1 rings (SSSR count). The van der Waals surface area contributed by atoms with Crippen LogP contribution in [0.25, 0.3) is 0 Å². The average Bonchev–Trinajstić information content (AvgIpc) is 2.09. The van der Waals surface area contributed by atoms with Crippen LogP contribution < -0.4 is 0 Å². The van der Waals surface area contributed by atoms with E-state index in [1.807, 2.05) is 0 Å². The number of halogens is 2. The summed E-state index contributed by atoms with van der Waals surface area (Å²) >= 11 is 0. The highest BCUT2D eigenvalue weighted by Gasteiger charge is 2.58. The minimum Gasteiger partial charge on any atom is -0.481 e. The lowest BCUT2D eigenvalue weighted by atomic mass is 9.86. The van der Waals surface area contributed by atoms with Gasteiger partial charge in [-0.25, -0.2) is 8.78 Å². The average molecular weight is 164 g/mol. The molecule has 1 saturated carbocycles. The van der Waals surface area contributed by atoms with Gasteiger partial charge in [-0.15, -0.1) is 0 Å². The fourth-order valence-corrected chi connectivity index (χ4v) is 1.39. The van der Waals surface area contributed by atoms with Crippen LogP contribution in [0.2, 0.25) is 0 Å². The van der Waals surface area contributed by atoms with Crippen molar-refractivity contribution >= 4 is 5.97 Å². The lowest BCUT2D eigenvalue weighted by Crippen LogP contribution is -2.40. The van der Waals surface area contributed by atoms with Crippen molar-refractivity contribution in [2.24, 2.45) is 5.41 Å². The van der Waals surface area contributed by atoms with Crippen LogP contribution in [0.5, 0.6) is 0 Å². The van der Waals surface area contributed by atoms with E-state index in [2.05, 4.69) is 0 Å². The van der Waals surface area contributed by atoms with Gasteiger partial charge in [-0.1, -0.05) is 0 Å². The molecule has 1 unspecified atom stereocenters. The summed E-state index contributed by atoms with van der Waals surface area (Å²) in [5.41, 5.74) is -1.83. The zero-order chi connectivity index (χ0) is 8.70. The summed E-state index contributed by atoms with van der Waals surface area (Å²) in [4.78, 5) is 10.5. The molecule has 0 heterocycles. The van der Waals surface area contributed by atoms with E-state index in [0.29, 0.717) is 6.42 Å². The molecular weight excluding hydrogens is 154 g/mol. The number of alkyl halides is 2. The first-order valence-electron chi connectivity index (χ1n) is 3.51. The largest absolute Gasteiger partial charge is 0.481 e. The van der Waals surface area contributed by atoms with Crippen LogP contribution in [0.1, 0.15) is 26.2 Å². The van der Waals surface area contributed by atoms with Gasteiger partial charge in [0.1, 0.15) is 5.41 Å². The highest BCUT2D eigenvalue weighted by molar-refractivity contribution is 5.76. The summed E-state index contributed by atoms with van der Waals surface area (Å²) in [5, 5.41) is 8.53. The quantitative estimate of drug-likeness (QED) is 0.642. The maximum atomic E-state index is 12.9. The van der Waals surface area contributed by atoms with Gasteiger partial charge in [-0.05, 0) is 19.8 Å². The second kappa shape index (κ2) is 2.16. The standard InChI is InChI=1S/C7H10F2O2/c1-6(5(10)11)3-2-4-7(6,8)9/h2-4H2,1H3,(H,10,11). The first kappa shape index (κ1) is 8.43. The summed E-state index contributed by atoms with van der Waals surface area (Å²) in [6.45, 7) is 1.11. The Labute approximate surface area is 63.2 Å². The van der Waals surface area contributed by atoms with Gasteiger partial charge < -0.3 is 5.11 Å². The summed E-state index contributed by atoms with van der Waals surface area (Å²) in [7, 11) is 0. The molecule has 1 aliphatic carbocycles. The van der Waals surface area contributed by atoms with Gasteiger partial charge >= 0.3 is 5.97 Å². The smallest absolute Gasteiger partial charge is 0.315 e. The van der Waals surface area contributed by atoms with Crippen molar-refractivity contribution < 1.29 is 18.7 Å². The molecule has 1 N–H and O–H groups in total. The molecule has 2 nitrogen and oxygen atoms in total. The molecule has 11 heavy (non-hydrogen) atoms. The third-order valence-electron chi connectivity index (χ3n) is 2.45. The second-order valence-corrected chi connectivity index (χ2v) is 3.20. The lowest BCUT2D eigenvalue weighted by Gasteiger charge is -2.25. The molecule has 0 bridgehead atoms. The Hall–Kier alpha value is -0.670. The van der Waals surface area contributed by atoms with E-state index in [4.69, 9.17) is 5.11 Å². The third kappa shape index (κ3) is 1.01. The molecule has 0 aromatic rings. The van der Waals surface area contributed by atoms with Crippen LogP contribution >= 0.6 is 0 Å². The van der Waals surface area contributed by atoms with Crippen molar-refractivity contribution in [2.45, 2.75) is 32.1 Å². The highest BCUT2D eigenvalue weighted by Crippen LogP contribution is 2.50. The van der Waals surface area contributed by atoms with Crippen molar-refractivity contribution in [3.8, 4) is 0 Å². The Morgan fingerprint density at radius 3 is 2.18 bits per heavy atom. The molecule has 0 radical (unpaired) electrons. The molecule has 0 aliphatic heterocycles.